The average Bonchev–Trinajstić information content (AvgIpc) is 2.18. The fraction of sp³-hybridized carbons (Fsp3) is 1.00. The molecule has 0 aromatic heterocycles. The normalized spacial score (nSPS) is 27.9. The minimum atomic E-state index is -2.89. The average molecular weight is 235 g/mol. The van der Waals surface area contributed by atoms with E-state index in [0.717, 1.165) is 25.7 Å². The molecule has 1 saturated carbocycles. The summed E-state index contributed by atoms with van der Waals surface area (Å²) in [5.74, 6) is 0.329. The van der Waals surface area contributed by atoms with E-state index in [2.05, 4.69) is 0 Å². The Morgan fingerprint density at radius 2 is 2.13 bits per heavy atom. The molecule has 4 nitrogen and oxygen atoms in total. The van der Waals surface area contributed by atoms with Crippen LogP contribution in [0.4, 0.5) is 0 Å². The third kappa shape index (κ3) is 4.95. The molecule has 2 N–H and O–H groups in total. The number of hydrogen-bond acceptors (Lipinski definition) is 4. The maximum atomic E-state index is 11.2. The van der Waals surface area contributed by atoms with Gasteiger partial charge in [0, 0.05) is 11.8 Å². The van der Waals surface area contributed by atoms with E-state index < -0.39 is 9.84 Å². The van der Waals surface area contributed by atoms with E-state index in [1.807, 2.05) is 0 Å². The lowest BCUT2D eigenvalue weighted by atomic mass is 9.94. The largest absolute Gasteiger partial charge is 0.377 e. The molecule has 0 saturated heterocycles. The molecule has 0 amide bonds. The summed E-state index contributed by atoms with van der Waals surface area (Å²) in [6.45, 7) is 1.97. The van der Waals surface area contributed by atoms with Gasteiger partial charge in [0.25, 0.3) is 0 Å². The molecule has 15 heavy (non-hydrogen) atoms. The van der Waals surface area contributed by atoms with Crippen molar-refractivity contribution in [2.24, 2.45) is 5.73 Å². The lowest BCUT2D eigenvalue weighted by Crippen LogP contribution is -2.33. The standard InChI is InChI=1S/C10H21NO3S/c1-2-15(12,13)7-6-14-10-5-3-4-9(11)8-10/h9-10H,2-8,11H2,1H3. The van der Waals surface area contributed by atoms with Crippen LogP contribution in [0.1, 0.15) is 32.6 Å². The monoisotopic (exact) mass is 235 g/mol. The maximum Gasteiger partial charge on any atom is 0.152 e. The van der Waals surface area contributed by atoms with Gasteiger partial charge in [-0.3, -0.25) is 0 Å². The molecule has 0 bridgehead atoms. The first-order valence-corrected chi connectivity index (χ1v) is 7.43. The van der Waals surface area contributed by atoms with E-state index in [0.29, 0.717) is 6.61 Å². The maximum absolute atomic E-state index is 11.2. The molecule has 2 unspecified atom stereocenters. The van der Waals surface area contributed by atoms with Crippen molar-refractivity contribution in [2.45, 2.75) is 44.8 Å². The van der Waals surface area contributed by atoms with E-state index in [9.17, 15) is 8.42 Å². The number of ether oxygens (including phenoxy) is 1. The molecule has 5 heteroatoms. The first-order chi connectivity index (χ1) is 7.03. The molecule has 1 fully saturated rings. The number of sulfone groups is 1. The lowest BCUT2D eigenvalue weighted by molar-refractivity contribution is 0.0327. The van der Waals surface area contributed by atoms with Crippen LogP contribution in [-0.2, 0) is 14.6 Å². The Kier molecular flexibility index (Phi) is 5.02. The van der Waals surface area contributed by atoms with Crippen LogP contribution in [0.5, 0.6) is 0 Å². The van der Waals surface area contributed by atoms with Gasteiger partial charge in [-0.05, 0) is 25.7 Å². The second-order valence-corrected chi connectivity index (χ2v) is 6.63. The van der Waals surface area contributed by atoms with E-state index in [1.54, 1.807) is 6.92 Å². The van der Waals surface area contributed by atoms with Crippen molar-refractivity contribution in [3.05, 3.63) is 0 Å². The van der Waals surface area contributed by atoms with Crippen LogP contribution in [-0.4, -0.2) is 38.7 Å². The van der Waals surface area contributed by atoms with E-state index in [-0.39, 0.29) is 23.7 Å². The van der Waals surface area contributed by atoms with E-state index in [4.69, 9.17) is 10.5 Å². The molecule has 0 aromatic rings. The van der Waals surface area contributed by atoms with Crippen LogP contribution < -0.4 is 5.73 Å². The van der Waals surface area contributed by atoms with Crippen LogP contribution in [0.3, 0.4) is 0 Å². The molecule has 0 spiro atoms. The smallest absolute Gasteiger partial charge is 0.152 e. The summed E-state index contributed by atoms with van der Waals surface area (Å²) in [5.41, 5.74) is 5.81. The Balaban J connectivity index is 2.20. The van der Waals surface area contributed by atoms with Crippen molar-refractivity contribution in [1.82, 2.24) is 0 Å². The summed E-state index contributed by atoms with van der Waals surface area (Å²) in [6, 6.07) is 0.228. The predicted octanol–water partition coefficient (Wildman–Crippen LogP) is 0.708. The van der Waals surface area contributed by atoms with Crippen LogP contribution in [0.2, 0.25) is 0 Å². The molecule has 0 radical (unpaired) electrons. The summed E-state index contributed by atoms with van der Waals surface area (Å²) in [6.07, 6.45) is 4.20. The van der Waals surface area contributed by atoms with Gasteiger partial charge in [-0.25, -0.2) is 8.42 Å². The molecular weight excluding hydrogens is 214 g/mol. The summed E-state index contributed by atoms with van der Waals surface area (Å²) < 4.78 is 27.9. The van der Waals surface area contributed by atoms with Crippen molar-refractivity contribution in [1.29, 1.82) is 0 Å². The number of rotatable bonds is 5. The van der Waals surface area contributed by atoms with Crippen molar-refractivity contribution in [3.63, 3.8) is 0 Å². The highest BCUT2D eigenvalue weighted by atomic mass is 32.2. The zero-order valence-corrected chi connectivity index (χ0v) is 10.1. The quantitative estimate of drug-likeness (QED) is 0.762. The summed E-state index contributed by atoms with van der Waals surface area (Å²) in [7, 11) is -2.89. The Bertz CT molecular complexity index is 276. The van der Waals surface area contributed by atoms with Crippen molar-refractivity contribution < 1.29 is 13.2 Å². The van der Waals surface area contributed by atoms with E-state index in [1.165, 1.54) is 0 Å². The number of nitrogens with two attached hydrogens (primary N) is 1. The fourth-order valence-electron chi connectivity index (χ4n) is 1.82. The third-order valence-electron chi connectivity index (χ3n) is 2.85. The van der Waals surface area contributed by atoms with Gasteiger partial charge in [-0.2, -0.15) is 0 Å². The zero-order chi connectivity index (χ0) is 11.3. The van der Waals surface area contributed by atoms with Crippen LogP contribution in [0.25, 0.3) is 0 Å². The fourth-order valence-corrected chi connectivity index (χ4v) is 2.46. The van der Waals surface area contributed by atoms with Gasteiger partial charge in [0.15, 0.2) is 9.84 Å². The van der Waals surface area contributed by atoms with Gasteiger partial charge in [0.1, 0.15) is 0 Å². The van der Waals surface area contributed by atoms with E-state index >= 15 is 0 Å². The Hall–Kier alpha value is -0.130. The molecule has 1 aliphatic carbocycles. The van der Waals surface area contributed by atoms with Gasteiger partial charge in [0.05, 0.1) is 18.5 Å². The molecule has 90 valence electrons. The summed E-state index contributed by atoms with van der Waals surface area (Å²) in [4.78, 5) is 0. The zero-order valence-electron chi connectivity index (χ0n) is 9.31. The number of hydrogen-bond donors (Lipinski definition) is 1. The van der Waals surface area contributed by atoms with Gasteiger partial charge < -0.3 is 10.5 Å². The Morgan fingerprint density at radius 1 is 1.40 bits per heavy atom. The molecular formula is C10H21NO3S. The third-order valence-corrected chi connectivity index (χ3v) is 4.52. The first kappa shape index (κ1) is 12.9. The minimum absolute atomic E-state index is 0.134. The van der Waals surface area contributed by atoms with Gasteiger partial charge >= 0.3 is 0 Å². The van der Waals surface area contributed by atoms with Crippen LogP contribution in [0.15, 0.2) is 0 Å². The Labute approximate surface area is 92.1 Å². The SMILES string of the molecule is CCS(=O)(=O)CCOC1CCCC(N)C1. The Morgan fingerprint density at radius 3 is 2.73 bits per heavy atom. The van der Waals surface area contributed by atoms with Crippen molar-refractivity contribution in [3.8, 4) is 0 Å². The lowest BCUT2D eigenvalue weighted by Gasteiger charge is -2.26. The first-order valence-electron chi connectivity index (χ1n) is 5.61. The predicted molar refractivity (Wildman–Crippen MR) is 60.5 cm³/mol. The second kappa shape index (κ2) is 5.82. The highest BCUT2D eigenvalue weighted by molar-refractivity contribution is 7.91. The summed E-state index contributed by atoms with van der Waals surface area (Å²) in [5, 5.41) is 0. The topological polar surface area (TPSA) is 69.4 Å². The van der Waals surface area contributed by atoms with Crippen LogP contribution >= 0.6 is 0 Å². The molecule has 0 aromatic carbocycles. The van der Waals surface area contributed by atoms with Gasteiger partial charge in [-0.15, -0.1) is 0 Å². The molecule has 1 rings (SSSR count). The molecule has 1 aliphatic rings. The van der Waals surface area contributed by atoms with Crippen LogP contribution in [0, 0.1) is 0 Å². The second-order valence-electron chi connectivity index (χ2n) is 4.16. The highest BCUT2D eigenvalue weighted by Gasteiger charge is 2.20. The summed E-state index contributed by atoms with van der Waals surface area (Å²) >= 11 is 0. The molecule has 0 aliphatic heterocycles. The minimum Gasteiger partial charge on any atom is -0.377 e. The molecule has 0 heterocycles. The van der Waals surface area contributed by atoms with Crippen molar-refractivity contribution >= 4 is 9.84 Å². The molecule has 2 atom stereocenters. The highest BCUT2D eigenvalue weighted by Crippen LogP contribution is 2.19. The van der Waals surface area contributed by atoms with Gasteiger partial charge in [-0.1, -0.05) is 6.92 Å². The van der Waals surface area contributed by atoms with Crippen molar-refractivity contribution in [2.75, 3.05) is 18.1 Å². The van der Waals surface area contributed by atoms with Gasteiger partial charge in [0.2, 0.25) is 0 Å².